The molecule has 1 aromatic carbocycles. The van der Waals surface area contributed by atoms with Crippen molar-refractivity contribution in [2.45, 2.75) is 58.2 Å². The average molecular weight is 296 g/mol. The molecule has 1 aliphatic rings. The van der Waals surface area contributed by atoms with E-state index >= 15 is 0 Å². The topological polar surface area (TPSA) is 21.3 Å². The Kier molecular flexibility index (Phi) is 5.88. The molecule has 0 amide bonds. The Morgan fingerprint density at radius 2 is 2.00 bits per heavy atom. The first-order valence-electron chi connectivity index (χ1n) is 7.73. The van der Waals surface area contributed by atoms with E-state index in [0.29, 0.717) is 24.1 Å². The highest BCUT2D eigenvalue weighted by molar-refractivity contribution is 6.30. The summed E-state index contributed by atoms with van der Waals surface area (Å²) in [6.45, 7) is 7.58. The molecule has 20 heavy (non-hydrogen) atoms. The molecule has 3 unspecified atom stereocenters. The van der Waals surface area contributed by atoms with Gasteiger partial charge in [0.05, 0.1) is 6.10 Å². The second-order valence-corrected chi connectivity index (χ2v) is 6.49. The maximum Gasteiger partial charge on any atom is 0.0612 e. The summed E-state index contributed by atoms with van der Waals surface area (Å²) in [6.07, 6.45) is 3.70. The lowest BCUT2D eigenvalue weighted by Gasteiger charge is -2.34. The molecule has 1 saturated heterocycles. The molecule has 0 bridgehead atoms. The Bertz CT molecular complexity index is 404. The van der Waals surface area contributed by atoms with Crippen LogP contribution in [-0.2, 0) is 4.74 Å². The minimum Gasteiger partial charge on any atom is -0.378 e. The molecule has 0 aromatic heterocycles. The monoisotopic (exact) mass is 295 g/mol. The minimum absolute atomic E-state index is 0.393. The smallest absolute Gasteiger partial charge is 0.0612 e. The van der Waals surface area contributed by atoms with Crippen molar-refractivity contribution >= 4 is 11.6 Å². The van der Waals surface area contributed by atoms with Gasteiger partial charge in [0.1, 0.15) is 0 Å². The number of benzene rings is 1. The zero-order chi connectivity index (χ0) is 14.5. The van der Waals surface area contributed by atoms with Gasteiger partial charge in [0.2, 0.25) is 0 Å². The molecule has 1 N–H and O–H groups in total. The van der Waals surface area contributed by atoms with Crippen molar-refractivity contribution in [1.29, 1.82) is 0 Å². The molecule has 3 atom stereocenters. The zero-order valence-corrected chi connectivity index (χ0v) is 13.5. The van der Waals surface area contributed by atoms with Gasteiger partial charge in [-0.25, -0.2) is 0 Å². The van der Waals surface area contributed by atoms with Crippen LogP contribution in [-0.4, -0.2) is 18.8 Å². The van der Waals surface area contributed by atoms with E-state index in [-0.39, 0.29) is 0 Å². The van der Waals surface area contributed by atoms with Gasteiger partial charge in [-0.2, -0.15) is 0 Å². The molecule has 3 heteroatoms. The van der Waals surface area contributed by atoms with Gasteiger partial charge < -0.3 is 10.1 Å². The number of hydrogen-bond acceptors (Lipinski definition) is 2. The zero-order valence-electron chi connectivity index (χ0n) is 12.7. The summed E-state index contributed by atoms with van der Waals surface area (Å²) >= 11 is 5.97. The van der Waals surface area contributed by atoms with Crippen LogP contribution in [0.15, 0.2) is 24.3 Å². The van der Waals surface area contributed by atoms with E-state index in [2.05, 4.69) is 38.2 Å². The summed E-state index contributed by atoms with van der Waals surface area (Å²) in [5.74, 6) is 0.593. The molecule has 2 rings (SSSR count). The summed E-state index contributed by atoms with van der Waals surface area (Å²) in [7, 11) is 0. The molecule has 1 fully saturated rings. The maximum atomic E-state index is 5.97. The number of nitrogens with one attached hydrogen (secondary N) is 1. The first-order chi connectivity index (χ1) is 9.60. The Labute approximate surface area is 127 Å². The lowest BCUT2D eigenvalue weighted by atomic mass is 9.93. The standard InChI is InChI=1S/C17H26ClNO/c1-4-16(13-5-7-14(18)8-6-13)19-15-9-10-20-17(11-15)12(2)3/h5-8,12,15-17,19H,4,9-11H2,1-3H3. The summed E-state index contributed by atoms with van der Waals surface area (Å²) in [4.78, 5) is 0. The van der Waals surface area contributed by atoms with Crippen LogP contribution in [0, 0.1) is 5.92 Å². The predicted molar refractivity (Wildman–Crippen MR) is 85.2 cm³/mol. The highest BCUT2D eigenvalue weighted by atomic mass is 35.5. The molecule has 2 nitrogen and oxygen atoms in total. The summed E-state index contributed by atoms with van der Waals surface area (Å²) in [6, 6.07) is 9.16. The summed E-state index contributed by atoms with van der Waals surface area (Å²) < 4.78 is 5.85. The molecule has 1 heterocycles. The van der Waals surface area contributed by atoms with Gasteiger partial charge in [-0.15, -0.1) is 0 Å². The quantitative estimate of drug-likeness (QED) is 0.858. The van der Waals surface area contributed by atoms with Crippen LogP contribution in [0.4, 0.5) is 0 Å². The molecule has 1 aliphatic heterocycles. The van der Waals surface area contributed by atoms with E-state index in [0.717, 1.165) is 30.9 Å². The number of halogens is 1. The average Bonchev–Trinajstić information content (AvgIpc) is 2.46. The molecule has 0 spiro atoms. The first-order valence-corrected chi connectivity index (χ1v) is 8.11. The van der Waals surface area contributed by atoms with E-state index in [1.165, 1.54) is 5.56 Å². The third-order valence-corrected chi connectivity index (χ3v) is 4.43. The first kappa shape index (κ1) is 15.8. The second-order valence-electron chi connectivity index (χ2n) is 6.05. The van der Waals surface area contributed by atoms with E-state index in [1.807, 2.05) is 12.1 Å². The number of rotatable bonds is 5. The fourth-order valence-corrected chi connectivity index (χ4v) is 3.00. The Hall–Kier alpha value is -0.570. The second kappa shape index (κ2) is 7.44. The van der Waals surface area contributed by atoms with Crippen LogP contribution in [0.5, 0.6) is 0 Å². The van der Waals surface area contributed by atoms with Gasteiger partial charge >= 0.3 is 0 Å². The third-order valence-electron chi connectivity index (χ3n) is 4.18. The lowest BCUT2D eigenvalue weighted by Crippen LogP contribution is -2.42. The maximum absolute atomic E-state index is 5.97. The fraction of sp³-hybridized carbons (Fsp3) is 0.647. The highest BCUT2D eigenvalue weighted by Gasteiger charge is 2.26. The van der Waals surface area contributed by atoms with Crippen molar-refractivity contribution in [3.8, 4) is 0 Å². The van der Waals surface area contributed by atoms with E-state index in [4.69, 9.17) is 16.3 Å². The van der Waals surface area contributed by atoms with E-state index in [9.17, 15) is 0 Å². The molecule has 1 aromatic rings. The Morgan fingerprint density at radius 3 is 2.60 bits per heavy atom. The molecular formula is C17H26ClNO. The van der Waals surface area contributed by atoms with Gasteiger partial charge in [-0.05, 0) is 42.9 Å². The third kappa shape index (κ3) is 4.21. The van der Waals surface area contributed by atoms with Crippen molar-refractivity contribution in [1.82, 2.24) is 5.32 Å². The van der Waals surface area contributed by atoms with Crippen LogP contribution in [0.2, 0.25) is 5.02 Å². The lowest BCUT2D eigenvalue weighted by molar-refractivity contribution is -0.0260. The Balaban J connectivity index is 1.97. The van der Waals surface area contributed by atoms with Crippen molar-refractivity contribution in [2.75, 3.05) is 6.61 Å². The predicted octanol–water partition coefficient (Wildman–Crippen LogP) is 4.58. The van der Waals surface area contributed by atoms with E-state index in [1.54, 1.807) is 0 Å². The molecular weight excluding hydrogens is 270 g/mol. The van der Waals surface area contributed by atoms with Crippen molar-refractivity contribution in [3.05, 3.63) is 34.9 Å². The molecule has 0 saturated carbocycles. The molecule has 0 aliphatic carbocycles. The normalized spacial score (nSPS) is 24.9. The largest absolute Gasteiger partial charge is 0.378 e. The van der Waals surface area contributed by atoms with Crippen LogP contribution < -0.4 is 5.32 Å². The van der Waals surface area contributed by atoms with Crippen LogP contribution in [0.3, 0.4) is 0 Å². The highest BCUT2D eigenvalue weighted by Crippen LogP contribution is 2.25. The van der Waals surface area contributed by atoms with Crippen molar-refractivity contribution in [2.24, 2.45) is 5.92 Å². The van der Waals surface area contributed by atoms with Crippen molar-refractivity contribution < 1.29 is 4.74 Å². The van der Waals surface area contributed by atoms with Gasteiger partial charge in [-0.3, -0.25) is 0 Å². The van der Waals surface area contributed by atoms with Crippen LogP contribution in [0.25, 0.3) is 0 Å². The number of ether oxygens (including phenoxy) is 1. The summed E-state index contributed by atoms with van der Waals surface area (Å²) in [5, 5.41) is 4.60. The SMILES string of the molecule is CCC(NC1CCOC(C(C)C)C1)c1ccc(Cl)cc1. The van der Waals surface area contributed by atoms with Gasteiger partial charge in [0, 0.05) is 23.7 Å². The van der Waals surface area contributed by atoms with Gasteiger partial charge in [0.25, 0.3) is 0 Å². The summed E-state index contributed by atoms with van der Waals surface area (Å²) in [5.41, 5.74) is 1.32. The molecule has 112 valence electrons. The fourth-order valence-electron chi connectivity index (χ4n) is 2.87. The van der Waals surface area contributed by atoms with Crippen molar-refractivity contribution in [3.63, 3.8) is 0 Å². The number of hydrogen-bond donors (Lipinski definition) is 1. The molecule has 0 radical (unpaired) electrons. The van der Waals surface area contributed by atoms with Gasteiger partial charge in [0.15, 0.2) is 0 Å². The van der Waals surface area contributed by atoms with E-state index < -0.39 is 0 Å². The van der Waals surface area contributed by atoms with Crippen LogP contribution >= 0.6 is 11.6 Å². The minimum atomic E-state index is 0.393. The van der Waals surface area contributed by atoms with Crippen LogP contribution in [0.1, 0.15) is 51.6 Å². The Morgan fingerprint density at radius 1 is 1.30 bits per heavy atom. The van der Waals surface area contributed by atoms with Gasteiger partial charge in [-0.1, -0.05) is 44.5 Å².